The number of halogens is 2. The molecule has 0 amide bonds. The Morgan fingerprint density at radius 2 is 2.00 bits per heavy atom. The van der Waals surface area contributed by atoms with Crippen molar-refractivity contribution < 1.29 is 9.50 Å². The van der Waals surface area contributed by atoms with Crippen LogP contribution < -0.4 is 0 Å². The van der Waals surface area contributed by atoms with Gasteiger partial charge in [0.1, 0.15) is 5.82 Å². The van der Waals surface area contributed by atoms with Gasteiger partial charge in [0, 0.05) is 22.5 Å². The molecule has 5 heteroatoms. The van der Waals surface area contributed by atoms with Crippen molar-refractivity contribution in [3.8, 4) is 0 Å². The lowest BCUT2D eigenvalue weighted by molar-refractivity contribution is 0.0602. The summed E-state index contributed by atoms with van der Waals surface area (Å²) in [6.45, 7) is 2.33. The molecule has 2 heterocycles. The standard InChI is InChI=1S/C18H22ClFN2O/c1-21-10-7-13(8-11-21)18(23)17-6-3-9-22(17)12-14-15(19)4-2-5-16(14)20/h2-6,9,13,18,23H,7-8,10-12H2,1H3. The largest absolute Gasteiger partial charge is 0.387 e. The van der Waals surface area contributed by atoms with Crippen LogP contribution in [0.3, 0.4) is 0 Å². The maximum absolute atomic E-state index is 14.0. The summed E-state index contributed by atoms with van der Waals surface area (Å²) in [6, 6.07) is 8.51. The van der Waals surface area contributed by atoms with Crippen LogP contribution in [0.25, 0.3) is 0 Å². The summed E-state index contributed by atoms with van der Waals surface area (Å²) in [7, 11) is 2.10. The first-order valence-corrected chi connectivity index (χ1v) is 8.38. The lowest BCUT2D eigenvalue weighted by atomic mass is 9.90. The van der Waals surface area contributed by atoms with Crippen molar-refractivity contribution in [2.45, 2.75) is 25.5 Å². The molecule has 0 spiro atoms. The highest BCUT2D eigenvalue weighted by atomic mass is 35.5. The van der Waals surface area contributed by atoms with E-state index < -0.39 is 6.10 Å². The van der Waals surface area contributed by atoms with Gasteiger partial charge in [-0.3, -0.25) is 0 Å². The highest BCUT2D eigenvalue weighted by Gasteiger charge is 2.27. The van der Waals surface area contributed by atoms with Crippen molar-refractivity contribution in [1.29, 1.82) is 0 Å². The van der Waals surface area contributed by atoms with Crippen LogP contribution in [0.4, 0.5) is 4.39 Å². The summed E-state index contributed by atoms with van der Waals surface area (Å²) in [6.07, 6.45) is 3.30. The lowest BCUT2D eigenvalue weighted by Crippen LogP contribution is -2.33. The van der Waals surface area contributed by atoms with Crippen LogP contribution in [0.15, 0.2) is 36.5 Å². The van der Waals surface area contributed by atoms with Crippen LogP contribution in [0.5, 0.6) is 0 Å². The fraction of sp³-hybridized carbons (Fsp3) is 0.444. The van der Waals surface area contributed by atoms with Gasteiger partial charge in [0.2, 0.25) is 0 Å². The van der Waals surface area contributed by atoms with Crippen molar-refractivity contribution in [2.24, 2.45) is 5.92 Å². The minimum absolute atomic E-state index is 0.246. The Hall–Kier alpha value is -1.36. The van der Waals surface area contributed by atoms with Gasteiger partial charge >= 0.3 is 0 Å². The summed E-state index contributed by atoms with van der Waals surface area (Å²) in [5.41, 5.74) is 1.29. The summed E-state index contributed by atoms with van der Waals surface area (Å²) in [4.78, 5) is 2.28. The maximum atomic E-state index is 14.0. The van der Waals surface area contributed by atoms with Crippen LogP contribution in [0, 0.1) is 11.7 Å². The van der Waals surface area contributed by atoms with Gasteiger partial charge in [-0.25, -0.2) is 4.39 Å². The quantitative estimate of drug-likeness (QED) is 0.922. The molecule has 1 unspecified atom stereocenters. The number of aromatic nitrogens is 1. The predicted molar refractivity (Wildman–Crippen MR) is 90.1 cm³/mol. The van der Waals surface area contributed by atoms with Gasteiger partial charge in [-0.1, -0.05) is 17.7 Å². The molecule has 1 atom stereocenters. The van der Waals surface area contributed by atoms with E-state index in [4.69, 9.17) is 11.6 Å². The molecule has 1 aliphatic rings. The van der Waals surface area contributed by atoms with Crippen molar-refractivity contribution in [3.05, 3.63) is 58.6 Å². The summed E-state index contributed by atoms with van der Waals surface area (Å²) in [5.74, 6) is -0.0677. The molecule has 1 saturated heterocycles. The SMILES string of the molecule is CN1CCC(C(O)c2cccn2Cc2c(F)cccc2Cl)CC1. The summed E-state index contributed by atoms with van der Waals surface area (Å²) < 4.78 is 15.9. The normalized spacial score (nSPS) is 18.3. The van der Waals surface area contributed by atoms with E-state index in [1.165, 1.54) is 6.07 Å². The minimum Gasteiger partial charge on any atom is -0.387 e. The number of hydrogen-bond acceptors (Lipinski definition) is 2. The molecule has 3 nitrogen and oxygen atoms in total. The number of nitrogens with zero attached hydrogens (tertiary/aromatic N) is 2. The fourth-order valence-electron chi connectivity index (χ4n) is 3.28. The van der Waals surface area contributed by atoms with Crippen molar-refractivity contribution >= 4 is 11.6 Å². The average Bonchev–Trinajstić information content (AvgIpc) is 2.99. The third-order valence-corrected chi connectivity index (χ3v) is 5.12. The van der Waals surface area contributed by atoms with Gasteiger partial charge in [-0.15, -0.1) is 0 Å². The van der Waals surface area contributed by atoms with Crippen LogP contribution in [0.1, 0.15) is 30.2 Å². The molecule has 1 aromatic heterocycles. The highest BCUT2D eigenvalue weighted by molar-refractivity contribution is 6.31. The number of piperidine rings is 1. The van der Waals surface area contributed by atoms with Crippen LogP contribution in [-0.4, -0.2) is 34.7 Å². The number of aliphatic hydroxyl groups excluding tert-OH is 1. The third-order valence-electron chi connectivity index (χ3n) is 4.77. The van der Waals surface area contributed by atoms with Gasteiger partial charge in [0.15, 0.2) is 0 Å². The molecule has 0 aliphatic carbocycles. The predicted octanol–water partition coefficient (Wildman–Crippen LogP) is 3.70. The van der Waals surface area contributed by atoms with Crippen LogP contribution in [0.2, 0.25) is 5.02 Å². The first kappa shape index (κ1) is 16.5. The zero-order valence-corrected chi connectivity index (χ0v) is 14.0. The van der Waals surface area contributed by atoms with Gasteiger partial charge in [0.05, 0.1) is 12.6 Å². The van der Waals surface area contributed by atoms with E-state index in [0.717, 1.165) is 31.6 Å². The smallest absolute Gasteiger partial charge is 0.129 e. The molecular weight excluding hydrogens is 315 g/mol. The Kier molecular flexibility index (Phi) is 5.05. The van der Waals surface area contributed by atoms with Crippen LogP contribution >= 0.6 is 11.6 Å². The Labute approximate surface area is 141 Å². The van der Waals surface area contributed by atoms with Crippen LogP contribution in [-0.2, 0) is 6.54 Å². The Morgan fingerprint density at radius 1 is 1.26 bits per heavy atom. The third kappa shape index (κ3) is 3.60. The molecule has 2 aromatic rings. The van der Waals surface area contributed by atoms with E-state index in [1.807, 2.05) is 22.9 Å². The number of hydrogen-bond donors (Lipinski definition) is 1. The molecule has 0 saturated carbocycles. The summed E-state index contributed by atoms with van der Waals surface area (Å²) in [5, 5.41) is 11.2. The van der Waals surface area contributed by atoms with Gasteiger partial charge in [-0.2, -0.15) is 0 Å². The Balaban J connectivity index is 1.79. The zero-order chi connectivity index (χ0) is 16.4. The van der Waals surface area contributed by atoms with E-state index in [-0.39, 0.29) is 11.7 Å². The van der Waals surface area contributed by atoms with E-state index >= 15 is 0 Å². The molecule has 23 heavy (non-hydrogen) atoms. The highest BCUT2D eigenvalue weighted by Crippen LogP contribution is 2.31. The first-order chi connectivity index (χ1) is 11.1. The van der Waals surface area contributed by atoms with Crippen molar-refractivity contribution in [1.82, 2.24) is 9.47 Å². The first-order valence-electron chi connectivity index (χ1n) is 8.01. The molecule has 1 aromatic carbocycles. The number of benzene rings is 1. The Morgan fingerprint density at radius 3 is 2.70 bits per heavy atom. The minimum atomic E-state index is -0.524. The second-order valence-electron chi connectivity index (χ2n) is 6.35. The number of likely N-dealkylation sites (tertiary alicyclic amines) is 1. The lowest BCUT2D eigenvalue weighted by Gasteiger charge is -2.32. The fourth-order valence-corrected chi connectivity index (χ4v) is 3.50. The molecular formula is C18H22ClFN2O. The number of aliphatic hydroxyl groups is 1. The monoisotopic (exact) mass is 336 g/mol. The van der Waals surface area contributed by atoms with Gasteiger partial charge in [-0.05, 0) is 63.2 Å². The molecule has 1 N–H and O–H groups in total. The van der Waals surface area contributed by atoms with Crippen molar-refractivity contribution in [2.75, 3.05) is 20.1 Å². The van der Waals surface area contributed by atoms with E-state index in [9.17, 15) is 9.50 Å². The van der Waals surface area contributed by atoms with Crippen molar-refractivity contribution in [3.63, 3.8) is 0 Å². The molecule has 1 aliphatic heterocycles. The molecule has 124 valence electrons. The van der Waals surface area contributed by atoms with Gasteiger partial charge in [0.25, 0.3) is 0 Å². The molecule has 0 radical (unpaired) electrons. The Bertz CT molecular complexity index is 645. The summed E-state index contributed by atoms with van der Waals surface area (Å²) >= 11 is 6.12. The second kappa shape index (κ2) is 7.04. The van der Waals surface area contributed by atoms with Gasteiger partial charge < -0.3 is 14.6 Å². The number of rotatable bonds is 4. The van der Waals surface area contributed by atoms with E-state index in [2.05, 4.69) is 11.9 Å². The molecule has 0 bridgehead atoms. The molecule has 3 rings (SSSR count). The average molecular weight is 337 g/mol. The maximum Gasteiger partial charge on any atom is 0.129 e. The van der Waals surface area contributed by atoms with E-state index in [0.29, 0.717) is 17.1 Å². The molecule has 1 fully saturated rings. The second-order valence-corrected chi connectivity index (χ2v) is 6.75. The topological polar surface area (TPSA) is 28.4 Å². The zero-order valence-electron chi connectivity index (χ0n) is 13.3. The van der Waals surface area contributed by atoms with E-state index in [1.54, 1.807) is 12.1 Å².